The van der Waals surface area contributed by atoms with Crippen LogP contribution in [0.25, 0.3) is 0 Å². The van der Waals surface area contributed by atoms with Crippen LogP contribution in [0.4, 0.5) is 0 Å². The number of rotatable bonds is 3. The lowest BCUT2D eigenvalue weighted by atomic mass is 10.2. The Morgan fingerprint density at radius 2 is 1.93 bits per heavy atom. The maximum atomic E-state index is 5.15. The van der Waals surface area contributed by atoms with Crippen LogP contribution in [0, 0.1) is 19.0 Å². The van der Waals surface area contributed by atoms with Crippen molar-refractivity contribution in [3.8, 4) is 12.0 Å². The smallest absolute Gasteiger partial charge is 0.115 e. The molecule has 0 bridgehead atoms. The third-order valence-corrected chi connectivity index (χ3v) is 1.92. The Morgan fingerprint density at radius 3 is 2.57 bits per heavy atom. The number of aryl methyl sites for hydroxylation is 1. The van der Waals surface area contributed by atoms with E-state index in [1.54, 1.807) is 0 Å². The number of hydrogen-bond acceptors (Lipinski definition) is 1. The summed E-state index contributed by atoms with van der Waals surface area (Å²) in [6.07, 6.45) is 4.92. The summed E-state index contributed by atoms with van der Waals surface area (Å²) in [5, 5.41) is 0. The zero-order valence-electron chi connectivity index (χ0n) is 8.84. The van der Waals surface area contributed by atoms with E-state index in [1.165, 1.54) is 5.56 Å². The highest BCUT2D eigenvalue weighted by atomic mass is 16.5. The van der Waals surface area contributed by atoms with Gasteiger partial charge >= 0.3 is 0 Å². The van der Waals surface area contributed by atoms with Gasteiger partial charge in [-0.25, -0.2) is 0 Å². The van der Waals surface area contributed by atoms with Gasteiger partial charge in [0.1, 0.15) is 12.7 Å². The third-order valence-electron chi connectivity index (χ3n) is 1.92. The molecule has 0 amide bonds. The lowest BCUT2D eigenvalue weighted by Gasteiger charge is -1.93. The molecule has 0 heterocycles. The maximum absolute atomic E-state index is 5.15. The quantitative estimate of drug-likeness (QED) is 0.523. The molecule has 0 saturated heterocycles. The molecule has 0 N–H and O–H groups in total. The number of ether oxygens (including phenoxy) is 1. The van der Waals surface area contributed by atoms with Crippen molar-refractivity contribution >= 4 is 0 Å². The molecule has 1 nitrogen and oxygen atoms in total. The van der Waals surface area contributed by atoms with Crippen molar-refractivity contribution in [2.24, 2.45) is 0 Å². The molecule has 0 aliphatic carbocycles. The highest BCUT2D eigenvalue weighted by Crippen LogP contribution is 2.00. The topological polar surface area (TPSA) is 9.23 Å². The van der Waals surface area contributed by atoms with Crippen LogP contribution in [0.15, 0.2) is 24.3 Å². The van der Waals surface area contributed by atoms with Crippen molar-refractivity contribution in [1.82, 2.24) is 0 Å². The summed E-state index contributed by atoms with van der Waals surface area (Å²) >= 11 is 0. The first-order chi connectivity index (χ1) is 6.83. The maximum Gasteiger partial charge on any atom is 0.115 e. The van der Waals surface area contributed by atoms with Crippen LogP contribution in [0.2, 0.25) is 0 Å². The number of unbranched alkanes of at least 4 members (excludes halogenated alkanes) is 1. The summed E-state index contributed by atoms with van der Waals surface area (Å²) in [7, 11) is 0. The van der Waals surface area contributed by atoms with E-state index in [2.05, 4.69) is 38.0 Å². The van der Waals surface area contributed by atoms with Gasteiger partial charge < -0.3 is 4.74 Å². The summed E-state index contributed by atoms with van der Waals surface area (Å²) in [5.41, 5.74) is 2.26. The Hall–Kier alpha value is -1.42. The Kier molecular flexibility index (Phi) is 4.64. The molecular weight excluding hydrogens is 172 g/mol. The van der Waals surface area contributed by atoms with Crippen molar-refractivity contribution in [3.05, 3.63) is 35.4 Å². The first-order valence-corrected chi connectivity index (χ1v) is 5.02. The minimum atomic E-state index is 0.732. The molecular formula is C13H16O. The average molecular weight is 188 g/mol. The van der Waals surface area contributed by atoms with Gasteiger partial charge in [0.2, 0.25) is 0 Å². The van der Waals surface area contributed by atoms with Crippen LogP contribution in [-0.2, 0) is 4.74 Å². The van der Waals surface area contributed by atoms with E-state index in [0.717, 1.165) is 25.0 Å². The van der Waals surface area contributed by atoms with Crippen molar-refractivity contribution in [3.63, 3.8) is 0 Å². The van der Waals surface area contributed by atoms with E-state index >= 15 is 0 Å². The molecule has 1 aromatic carbocycles. The predicted molar refractivity (Wildman–Crippen MR) is 58.9 cm³/mol. The second-order valence-electron chi connectivity index (χ2n) is 3.30. The van der Waals surface area contributed by atoms with Gasteiger partial charge in [-0.15, -0.1) is 0 Å². The fourth-order valence-corrected chi connectivity index (χ4v) is 0.999. The van der Waals surface area contributed by atoms with Crippen LogP contribution >= 0.6 is 0 Å². The van der Waals surface area contributed by atoms with E-state index < -0.39 is 0 Å². The summed E-state index contributed by atoms with van der Waals surface area (Å²) < 4.78 is 5.15. The molecule has 0 saturated carbocycles. The van der Waals surface area contributed by atoms with Gasteiger partial charge in [-0.2, -0.15) is 0 Å². The van der Waals surface area contributed by atoms with Gasteiger partial charge in [-0.05, 0) is 31.4 Å². The molecule has 1 aromatic rings. The summed E-state index contributed by atoms with van der Waals surface area (Å²) in [6, 6.07) is 8.11. The second kappa shape index (κ2) is 6.10. The minimum absolute atomic E-state index is 0.732. The zero-order valence-corrected chi connectivity index (χ0v) is 8.84. The predicted octanol–water partition coefficient (Wildman–Crippen LogP) is 3.12. The molecule has 0 aliphatic heterocycles. The van der Waals surface area contributed by atoms with Crippen LogP contribution in [0.1, 0.15) is 30.9 Å². The molecule has 0 radical (unpaired) electrons. The standard InChI is InChI=1S/C13H16O/c1-3-4-10-14-11-9-13-7-5-12(2)6-8-13/h5-8H,3-4,10H2,1-2H3. The normalized spacial score (nSPS) is 9.00. The average Bonchev–Trinajstić information content (AvgIpc) is 2.21. The molecule has 0 aliphatic rings. The molecule has 1 heteroatoms. The molecule has 0 spiro atoms. The molecule has 74 valence electrons. The van der Waals surface area contributed by atoms with Gasteiger partial charge in [0.05, 0.1) is 0 Å². The van der Waals surface area contributed by atoms with Crippen molar-refractivity contribution in [2.75, 3.05) is 6.61 Å². The first-order valence-electron chi connectivity index (χ1n) is 5.02. The van der Waals surface area contributed by atoms with Crippen LogP contribution in [-0.4, -0.2) is 6.61 Å². The fourth-order valence-electron chi connectivity index (χ4n) is 0.999. The van der Waals surface area contributed by atoms with E-state index in [1.807, 2.05) is 12.1 Å². The largest absolute Gasteiger partial charge is 0.446 e. The first kappa shape index (κ1) is 10.7. The number of benzene rings is 1. The van der Waals surface area contributed by atoms with Gasteiger partial charge in [-0.1, -0.05) is 31.0 Å². The van der Waals surface area contributed by atoms with Crippen LogP contribution < -0.4 is 0 Å². The SMILES string of the molecule is CCCCOC#Cc1ccc(C)cc1. The second-order valence-corrected chi connectivity index (χ2v) is 3.30. The minimum Gasteiger partial charge on any atom is -0.446 e. The Bertz CT molecular complexity index is 313. The summed E-state index contributed by atoms with van der Waals surface area (Å²) in [6.45, 7) is 4.93. The van der Waals surface area contributed by atoms with Gasteiger partial charge in [0.15, 0.2) is 0 Å². The van der Waals surface area contributed by atoms with E-state index in [4.69, 9.17) is 4.74 Å². The van der Waals surface area contributed by atoms with Crippen molar-refractivity contribution < 1.29 is 4.74 Å². The molecule has 0 fully saturated rings. The Balaban J connectivity index is 2.39. The fraction of sp³-hybridized carbons (Fsp3) is 0.385. The third kappa shape index (κ3) is 4.00. The zero-order chi connectivity index (χ0) is 10.2. The van der Waals surface area contributed by atoms with Gasteiger partial charge in [-0.3, -0.25) is 0 Å². The molecule has 0 aromatic heterocycles. The van der Waals surface area contributed by atoms with Crippen molar-refractivity contribution in [1.29, 1.82) is 0 Å². The van der Waals surface area contributed by atoms with Gasteiger partial charge in [0.25, 0.3) is 0 Å². The van der Waals surface area contributed by atoms with Crippen molar-refractivity contribution in [2.45, 2.75) is 26.7 Å². The van der Waals surface area contributed by atoms with Gasteiger partial charge in [0, 0.05) is 5.56 Å². The highest BCUT2D eigenvalue weighted by Gasteiger charge is 1.85. The Labute approximate surface area is 86.1 Å². The monoisotopic (exact) mass is 188 g/mol. The van der Waals surface area contributed by atoms with E-state index in [9.17, 15) is 0 Å². The Morgan fingerprint density at radius 1 is 1.21 bits per heavy atom. The molecule has 0 unspecified atom stereocenters. The van der Waals surface area contributed by atoms with E-state index in [-0.39, 0.29) is 0 Å². The lowest BCUT2D eigenvalue weighted by molar-refractivity contribution is 0.271. The van der Waals surface area contributed by atoms with Crippen LogP contribution in [0.3, 0.4) is 0 Å². The summed E-state index contributed by atoms with van der Waals surface area (Å²) in [5.74, 6) is 2.96. The molecule has 0 atom stereocenters. The van der Waals surface area contributed by atoms with Crippen LogP contribution in [0.5, 0.6) is 0 Å². The molecule has 1 rings (SSSR count). The van der Waals surface area contributed by atoms with E-state index in [0.29, 0.717) is 0 Å². The summed E-state index contributed by atoms with van der Waals surface area (Å²) in [4.78, 5) is 0. The lowest BCUT2D eigenvalue weighted by Crippen LogP contribution is -1.85. The molecule has 14 heavy (non-hydrogen) atoms. The number of hydrogen-bond donors (Lipinski definition) is 0. The highest BCUT2D eigenvalue weighted by molar-refractivity contribution is 5.34.